The first-order chi connectivity index (χ1) is 13.3. The Labute approximate surface area is 159 Å². The van der Waals surface area contributed by atoms with Crippen LogP contribution in [0, 0.1) is 6.92 Å². The fraction of sp³-hybridized carbons (Fsp3) is 0.158. The molecular formula is C19H18F3N5O. The van der Waals surface area contributed by atoms with E-state index in [9.17, 15) is 13.2 Å². The van der Waals surface area contributed by atoms with Crippen molar-refractivity contribution in [3.8, 4) is 11.4 Å². The number of anilines is 1. The molecule has 9 heteroatoms. The minimum Gasteiger partial charge on any atom is -0.406 e. The van der Waals surface area contributed by atoms with Gasteiger partial charge in [-0.1, -0.05) is 18.2 Å². The summed E-state index contributed by atoms with van der Waals surface area (Å²) in [6, 6.07) is 14.9. The van der Waals surface area contributed by atoms with Gasteiger partial charge in [0.2, 0.25) is 0 Å². The van der Waals surface area contributed by atoms with Gasteiger partial charge in [0, 0.05) is 17.4 Å². The van der Waals surface area contributed by atoms with E-state index < -0.39 is 6.36 Å². The van der Waals surface area contributed by atoms with Crippen molar-refractivity contribution in [1.29, 1.82) is 0 Å². The quantitative estimate of drug-likeness (QED) is 0.511. The molecule has 0 bridgehead atoms. The predicted molar refractivity (Wildman–Crippen MR) is 100 cm³/mol. The maximum atomic E-state index is 12.2. The van der Waals surface area contributed by atoms with Gasteiger partial charge in [-0.05, 0) is 43.3 Å². The molecule has 0 fully saturated rings. The number of alkyl halides is 3. The highest BCUT2D eigenvalue weighted by Crippen LogP contribution is 2.23. The second kappa shape index (κ2) is 8.03. The molecule has 28 heavy (non-hydrogen) atoms. The lowest BCUT2D eigenvalue weighted by Gasteiger charge is -2.10. The minimum atomic E-state index is -4.72. The summed E-state index contributed by atoms with van der Waals surface area (Å²) < 4.78 is 42.1. The van der Waals surface area contributed by atoms with Crippen LogP contribution >= 0.6 is 0 Å². The van der Waals surface area contributed by atoms with Gasteiger partial charge in [-0.3, -0.25) is 0 Å². The van der Waals surface area contributed by atoms with Crippen LogP contribution in [0.4, 0.5) is 18.9 Å². The zero-order valence-corrected chi connectivity index (χ0v) is 14.9. The third kappa shape index (κ3) is 5.26. The Kier molecular flexibility index (Phi) is 5.53. The zero-order chi connectivity index (χ0) is 20.1. The molecular weight excluding hydrogens is 371 g/mol. The monoisotopic (exact) mass is 389 g/mol. The lowest BCUT2D eigenvalue weighted by molar-refractivity contribution is -0.274. The molecule has 3 N–H and O–H groups in total. The van der Waals surface area contributed by atoms with Crippen molar-refractivity contribution in [2.45, 2.75) is 19.8 Å². The largest absolute Gasteiger partial charge is 0.573 e. The number of nitrogens with one attached hydrogen (secondary N) is 1. The molecule has 0 aliphatic carbocycles. The van der Waals surface area contributed by atoms with Gasteiger partial charge in [-0.15, -0.1) is 13.2 Å². The van der Waals surface area contributed by atoms with Crippen molar-refractivity contribution < 1.29 is 17.9 Å². The molecule has 3 rings (SSSR count). The summed E-state index contributed by atoms with van der Waals surface area (Å²) in [6.45, 7) is 2.19. The highest BCUT2D eigenvalue weighted by atomic mass is 19.4. The molecule has 146 valence electrons. The van der Waals surface area contributed by atoms with E-state index in [1.807, 2.05) is 43.5 Å². The molecule has 2 aromatic carbocycles. The van der Waals surface area contributed by atoms with Gasteiger partial charge < -0.3 is 15.8 Å². The number of hydrogen-bond acceptors (Lipinski definition) is 3. The maximum Gasteiger partial charge on any atom is 0.573 e. The van der Waals surface area contributed by atoms with E-state index >= 15 is 0 Å². The van der Waals surface area contributed by atoms with Crippen molar-refractivity contribution in [3.63, 3.8) is 0 Å². The Morgan fingerprint density at radius 3 is 2.46 bits per heavy atom. The van der Waals surface area contributed by atoms with Gasteiger partial charge in [0.15, 0.2) is 5.96 Å². The van der Waals surface area contributed by atoms with E-state index in [1.165, 1.54) is 24.3 Å². The molecule has 0 saturated heterocycles. The number of nitrogens with two attached hydrogens (primary N) is 1. The highest BCUT2D eigenvalue weighted by Gasteiger charge is 2.30. The molecule has 0 amide bonds. The fourth-order valence-corrected chi connectivity index (χ4v) is 2.46. The second-order valence-corrected chi connectivity index (χ2v) is 5.92. The summed E-state index contributed by atoms with van der Waals surface area (Å²) in [7, 11) is 0. The van der Waals surface area contributed by atoms with Crippen LogP contribution in [0.1, 0.15) is 11.3 Å². The molecule has 1 heterocycles. The smallest absolute Gasteiger partial charge is 0.406 e. The molecule has 0 spiro atoms. The Bertz CT molecular complexity index is 950. The van der Waals surface area contributed by atoms with Crippen LogP contribution in [0.2, 0.25) is 0 Å². The van der Waals surface area contributed by atoms with E-state index in [-0.39, 0.29) is 11.7 Å². The zero-order valence-electron chi connectivity index (χ0n) is 14.9. The Morgan fingerprint density at radius 1 is 1.14 bits per heavy atom. The first-order valence-corrected chi connectivity index (χ1v) is 8.33. The number of nitrogens with zero attached hydrogens (tertiary/aromatic N) is 3. The SMILES string of the molecule is Cc1nn(-c2ccccc2)cc1CN=C(N)Nc1ccc(OC(F)(F)F)cc1. The number of aromatic nitrogens is 2. The third-order valence-electron chi connectivity index (χ3n) is 3.80. The molecule has 0 aliphatic heterocycles. The Morgan fingerprint density at radius 2 is 1.82 bits per heavy atom. The van der Waals surface area contributed by atoms with Crippen LogP contribution in [0.25, 0.3) is 5.69 Å². The average molecular weight is 389 g/mol. The van der Waals surface area contributed by atoms with E-state index in [0.29, 0.717) is 12.2 Å². The van der Waals surface area contributed by atoms with Crippen LogP contribution < -0.4 is 15.8 Å². The number of aliphatic imine (C=N–C) groups is 1. The lowest BCUT2D eigenvalue weighted by Crippen LogP contribution is -2.22. The van der Waals surface area contributed by atoms with Gasteiger partial charge in [0.25, 0.3) is 0 Å². The number of aryl methyl sites for hydroxylation is 1. The van der Waals surface area contributed by atoms with Crippen molar-refractivity contribution in [3.05, 3.63) is 72.1 Å². The maximum absolute atomic E-state index is 12.2. The second-order valence-electron chi connectivity index (χ2n) is 5.92. The Balaban J connectivity index is 1.63. The summed E-state index contributed by atoms with van der Waals surface area (Å²) in [5.74, 6) is -0.172. The summed E-state index contributed by atoms with van der Waals surface area (Å²) in [5, 5.41) is 7.29. The number of para-hydroxylation sites is 1. The van der Waals surface area contributed by atoms with Crippen molar-refractivity contribution in [2.75, 3.05) is 5.32 Å². The van der Waals surface area contributed by atoms with Crippen LogP contribution in [-0.2, 0) is 6.54 Å². The number of guanidine groups is 1. The summed E-state index contributed by atoms with van der Waals surface area (Å²) in [4.78, 5) is 4.26. The van der Waals surface area contributed by atoms with Gasteiger partial charge >= 0.3 is 6.36 Å². The molecule has 0 radical (unpaired) electrons. The summed E-state index contributed by atoms with van der Waals surface area (Å²) in [5.41, 5.74) is 9.03. The number of ether oxygens (including phenoxy) is 1. The van der Waals surface area contributed by atoms with Gasteiger partial charge in [0.1, 0.15) is 5.75 Å². The average Bonchev–Trinajstić information content (AvgIpc) is 3.02. The molecule has 6 nitrogen and oxygen atoms in total. The first-order valence-electron chi connectivity index (χ1n) is 8.33. The minimum absolute atomic E-state index is 0.136. The number of halogens is 3. The summed E-state index contributed by atoms with van der Waals surface area (Å²) >= 11 is 0. The topological polar surface area (TPSA) is 77.5 Å². The third-order valence-corrected chi connectivity index (χ3v) is 3.80. The molecule has 0 aliphatic rings. The Hall–Kier alpha value is -3.49. The number of hydrogen-bond donors (Lipinski definition) is 2. The molecule has 1 aromatic heterocycles. The molecule has 0 saturated carbocycles. The van der Waals surface area contributed by atoms with Crippen LogP contribution in [0.3, 0.4) is 0 Å². The van der Waals surface area contributed by atoms with Crippen molar-refractivity contribution in [2.24, 2.45) is 10.7 Å². The normalized spacial score (nSPS) is 12.1. The number of rotatable bonds is 5. The highest BCUT2D eigenvalue weighted by molar-refractivity contribution is 5.92. The molecule has 0 unspecified atom stereocenters. The van der Waals surface area contributed by atoms with E-state index in [2.05, 4.69) is 20.1 Å². The van der Waals surface area contributed by atoms with E-state index in [1.54, 1.807) is 4.68 Å². The van der Waals surface area contributed by atoms with Crippen molar-refractivity contribution >= 4 is 11.6 Å². The lowest BCUT2D eigenvalue weighted by atomic mass is 10.2. The van der Waals surface area contributed by atoms with Crippen LogP contribution in [-0.4, -0.2) is 22.1 Å². The first kappa shape index (κ1) is 19.3. The van der Waals surface area contributed by atoms with Gasteiger partial charge in [0.05, 0.1) is 17.9 Å². The van der Waals surface area contributed by atoms with Gasteiger partial charge in [-0.2, -0.15) is 5.10 Å². The van der Waals surface area contributed by atoms with Crippen molar-refractivity contribution in [1.82, 2.24) is 9.78 Å². The van der Waals surface area contributed by atoms with Crippen LogP contribution in [0.5, 0.6) is 5.75 Å². The molecule has 0 atom stereocenters. The van der Waals surface area contributed by atoms with Crippen LogP contribution in [0.15, 0.2) is 65.8 Å². The molecule has 3 aromatic rings. The number of benzene rings is 2. The standard InChI is InChI=1S/C19H18F3N5O/c1-13-14(12-27(26-13)16-5-3-2-4-6-16)11-24-18(23)25-15-7-9-17(10-8-15)28-19(20,21)22/h2-10,12H,11H2,1H3,(H3,23,24,25). The van der Waals surface area contributed by atoms with E-state index in [0.717, 1.165) is 16.9 Å². The fourth-order valence-electron chi connectivity index (χ4n) is 2.46. The summed E-state index contributed by atoms with van der Waals surface area (Å²) in [6.07, 6.45) is -2.85. The van der Waals surface area contributed by atoms with E-state index in [4.69, 9.17) is 5.73 Å². The predicted octanol–water partition coefficient (Wildman–Crippen LogP) is 4.01. The van der Waals surface area contributed by atoms with Gasteiger partial charge in [-0.25, -0.2) is 9.67 Å².